The minimum atomic E-state index is -3.56. The maximum Gasteiger partial charge on any atom is 0.351 e. The lowest BCUT2D eigenvalue weighted by Crippen LogP contribution is -2.42. The Morgan fingerprint density at radius 3 is 2.64 bits per heavy atom. The Kier molecular flexibility index (Phi) is 6.16. The summed E-state index contributed by atoms with van der Waals surface area (Å²) in [7, 11) is -0.791. The van der Waals surface area contributed by atoms with E-state index in [1.54, 1.807) is 0 Å². The molecule has 0 spiro atoms. The zero-order chi connectivity index (χ0) is 18.8. The second kappa shape index (κ2) is 7.79. The van der Waals surface area contributed by atoms with Gasteiger partial charge in [-0.05, 0) is 27.0 Å². The van der Waals surface area contributed by atoms with Crippen molar-refractivity contribution < 1.29 is 22.6 Å². The first-order chi connectivity index (χ1) is 11.7. The third kappa shape index (κ3) is 4.55. The van der Waals surface area contributed by atoms with E-state index in [0.29, 0.717) is 0 Å². The van der Waals surface area contributed by atoms with Crippen LogP contribution in [0.1, 0.15) is 20.1 Å². The Balaban J connectivity index is 2.39. The number of hydrogen-bond donors (Lipinski definition) is 2. The lowest BCUT2D eigenvalue weighted by molar-refractivity contribution is -0.0777. The Morgan fingerprint density at radius 1 is 1.44 bits per heavy atom. The fourth-order valence-corrected chi connectivity index (χ4v) is 3.58. The van der Waals surface area contributed by atoms with Gasteiger partial charge in [0.05, 0.1) is 11.9 Å². The molecule has 142 valence electrons. The van der Waals surface area contributed by atoms with Gasteiger partial charge in [0.2, 0.25) is 10.0 Å². The molecule has 4 atom stereocenters. The molecule has 1 aliphatic heterocycles. The largest absolute Gasteiger partial charge is 0.383 e. The molecule has 11 heteroatoms. The van der Waals surface area contributed by atoms with E-state index in [4.69, 9.17) is 19.9 Å². The molecule has 1 aliphatic rings. The number of hydrogen-bond acceptors (Lipinski definition) is 8. The van der Waals surface area contributed by atoms with Gasteiger partial charge in [-0.3, -0.25) is 4.57 Å². The highest BCUT2D eigenvalue weighted by Crippen LogP contribution is 2.33. The van der Waals surface area contributed by atoms with Gasteiger partial charge in [-0.2, -0.15) is 4.98 Å². The monoisotopic (exact) mass is 376 g/mol. The second-order valence-corrected chi connectivity index (χ2v) is 7.91. The van der Waals surface area contributed by atoms with Gasteiger partial charge in [-0.1, -0.05) is 0 Å². The summed E-state index contributed by atoms with van der Waals surface area (Å²) >= 11 is 0. The zero-order valence-electron chi connectivity index (χ0n) is 14.6. The molecule has 3 N–H and O–H groups in total. The molecule has 0 aromatic carbocycles. The maximum absolute atomic E-state index is 12.1. The van der Waals surface area contributed by atoms with Crippen molar-refractivity contribution in [3.05, 3.63) is 22.7 Å². The number of methoxy groups -OCH3 is 1. The van der Waals surface area contributed by atoms with Crippen LogP contribution in [0.3, 0.4) is 0 Å². The molecule has 0 radical (unpaired) electrons. The molecule has 2 rings (SSSR count). The van der Waals surface area contributed by atoms with Gasteiger partial charge in [0.25, 0.3) is 0 Å². The third-order valence-corrected chi connectivity index (χ3v) is 5.20. The average Bonchev–Trinajstić information content (AvgIpc) is 2.83. The van der Waals surface area contributed by atoms with Crippen LogP contribution in [0, 0.1) is 0 Å². The molecule has 1 fully saturated rings. The Morgan fingerprint density at radius 2 is 2.12 bits per heavy atom. The molecule has 0 amide bonds. The van der Waals surface area contributed by atoms with Crippen LogP contribution < -0.4 is 16.1 Å². The van der Waals surface area contributed by atoms with Crippen LogP contribution in [-0.2, 0) is 24.2 Å². The van der Waals surface area contributed by atoms with Crippen LogP contribution in [-0.4, -0.2) is 62.3 Å². The molecule has 2 heterocycles. The van der Waals surface area contributed by atoms with Gasteiger partial charge in [-0.25, -0.2) is 17.9 Å². The predicted octanol–water partition coefficient (Wildman–Crippen LogP) is -0.919. The van der Waals surface area contributed by atoms with Gasteiger partial charge in [-0.15, -0.1) is 0 Å². The first kappa shape index (κ1) is 19.8. The van der Waals surface area contributed by atoms with Crippen LogP contribution in [0.25, 0.3) is 0 Å². The quantitative estimate of drug-likeness (QED) is 0.624. The Bertz CT molecular complexity index is 750. The summed E-state index contributed by atoms with van der Waals surface area (Å²) in [5.74, 6) is -0.244. The molecule has 0 aliphatic carbocycles. The maximum atomic E-state index is 12.1. The summed E-state index contributed by atoms with van der Waals surface area (Å²) in [6, 6.07) is 1.45. The van der Waals surface area contributed by atoms with E-state index in [1.807, 2.05) is 13.8 Å². The van der Waals surface area contributed by atoms with Crippen LogP contribution >= 0.6 is 0 Å². The van der Waals surface area contributed by atoms with Crippen molar-refractivity contribution in [2.45, 2.75) is 44.5 Å². The lowest BCUT2D eigenvalue weighted by Gasteiger charge is -2.25. The van der Waals surface area contributed by atoms with E-state index in [9.17, 15) is 13.2 Å². The highest BCUT2D eigenvalue weighted by molar-refractivity contribution is 7.89. The summed E-state index contributed by atoms with van der Waals surface area (Å²) in [6.07, 6.45) is -1.83. The van der Waals surface area contributed by atoms with Crippen LogP contribution in [0.2, 0.25) is 0 Å². The molecule has 1 aromatic rings. The third-order valence-electron chi connectivity index (χ3n) is 3.81. The van der Waals surface area contributed by atoms with Crippen molar-refractivity contribution in [1.29, 1.82) is 0 Å². The average molecular weight is 376 g/mol. The number of nitrogens with zero attached hydrogens (tertiary/aromatic N) is 2. The van der Waals surface area contributed by atoms with Crippen molar-refractivity contribution in [3.8, 4) is 0 Å². The SMILES string of the molecule is CNS(=O)(=O)C[C@H]1O[C@@H](n2ccc(N)nc2=O)[C@H](OC)[C@@H]1OC(C)C. The number of aromatic nitrogens is 2. The molecule has 25 heavy (non-hydrogen) atoms. The molecule has 0 unspecified atom stereocenters. The summed E-state index contributed by atoms with van der Waals surface area (Å²) in [5.41, 5.74) is 4.89. The van der Waals surface area contributed by atoms with Crippen LogP contribution in [0.15, 0.2) is 17.1 Å². The van der Waals surface area contributed by atoms with Gasteiger partial charge < -0.3 is 19.9 Å². The number of nitrogens with one attached hydrogen (secondary N) is 1. The van der Waals surface area contributed by atoms with Gasteiger partial charge >= 0.3 is 5.69 Å². The van der Waals surface area contributed by atoms with Gasteiger partial charge in [0.1, 0.15) is 24.1 Å². The van der Waals surface area contributed by atoms with E-state index < -0.39 is 40.3 Å². The number of sulfonamides is 1. The summed E-state index contributed by atoms with van der Waals surface area (Å²) in [5, 5.41) is 0. The number of nitrogen functional groups attached to an aromatic ring is 1. The molecular formula is C14H24N4O6S. The second-order valence-electron chi connectivity index (χ2n) is 5.94. The van der Waals surface area contributed by atoms with E-state index in [-0.39, 0.29) is 17.7 Å². The molecular weight excluding hydrogens is 352 g/mol. The number of nitrogens with two attached hydrogens (primary N) is 1. The minimum Gasteiger partial charge on any atom is -0.383 e. The fraction of sp³-hybridized carbons (Fsp3) is 0.714. The number of ether oxygens (including phenoxy) is 3. The molecule has 0 saturated carbocycles. The molecule has 10 nitrogen and oxygen atoms in total. The first-order valence-electron chi connectivity index (χ1n) is 7.78. The van der Waals surface area contributed by atoms with Crippen LogP contribution in [0.4, 0.5) is 5.82 Å². The first-order valence-corrected chi connectivity index (χ1v) is 9.43. The standard InChI is InChI=1S/C14H24N4O6S/c1-8(2)23-11-9(7-25(20,21)16-3)24-13(12(11)22-4)18-6-5-10(15)17-14(18)19/h5-6,8-9,11-13,16H,7H2,1-4H3,(H2,15,17,19)/t9-,11-,12-,13-/m1/s1. The number of rotatable bonds is 7. The highest BCUT2D eigenvalue weighted by atomic mass is 32.2. The van der Waals surface area contributed by atoms with Crippen molar-refractivity contribution in [2.24, 2.45) is 0 Å². The molecule has 0 bridgehead atoms. The van der Waals surface area contributed by atoms with Gasteiger partial charge in [0, 0.05) is 13.3 Å². The normalized spacial score (nSPS) is 27.1. The van der Waals surface area contributed by atoms with Crippen molar-refractivity contribution >= 4 is 15.8 Å². The van der Waals surface area contributed by atoms with Gasteiger partial charge in [0.15, 0.2) is 6.23 Å². The summed E-state index contributed by atoms with van der Waals surface area (Å²) < 4.78 is 44.5. The zero-order valence-corrected chi connectivity index (χ0v) is 15.4. The van der Waals surface area contributed by atoms with Crippen molar-refractivity contribution in [2.75, 3.05) is 25.6 Å². The van der Waals surface area contributed by atoms with E-state index in [1.165, 1.54) is 31.0 Å². The van der Waals surface area contributed by atoms with Crippen molar-refractivity contribution in [1.82, 2.24) is 14.3 Å². The fourth-order valence-electron chi connectivity index (χ4n) is 2.71. The smallest absolute Gasteiger partial charge is 0.351 e. The summed E-state index contributed by atoms with van der Waals surface area (Å²) in [4.78, 5) is 15.8. The Hall–Kier alpha value is -1.53. The number of anilines is 1. The van der Waals surface area contributed by atoms with Crippen molar-refractivity contribution in [3.63, 3.8) is 0 Å². The van der Waals surface area contributed by atoms with E-state index in [0.717, 1.165) is 0 Å². The molecule has 1 aromatic heterocycles. The van der Waals surface area contributed by atoms with E-state index >= 15 is 0 Å². The highest BCUT2D eigenvalue weighted by Gasteiger charge is 2.48. The predicted molar refractivity (Wildman–Crippen MR) is 90.5 cm³/mol. The van der Waals surface area contributed by atoms with Crippen LogP contribution in [0.5, 0.6) is 0 Å². The minimum absolute atomic E-state index is 0.0810. The van der Waals surface area contributed by atoms with E-state index in [2.05, 4.69) is 9.71 Å². The summed E-state index contributed by atoms with van der Waals surface area (Å²) in [6.45, 7) is 3.64. The Labute approximate surface area is 146 Å². The lowest BCUT2D eigenvalue weighted by atomic mass is 10.1. The topological polar surface area (TPSA) is 135 Å². The molecule has 1 saturated heterocycles.